The van der Waals surface area contributed by atoms with Crippen LogP contribution in [0.15, 0.2) is 84.9 Å². The maximum atomic E-state index is 5.68. The van der Waals surface area contributed by atoms with Crippen LogP contribution in [-0.2, 0) is 0 Å². The van der Waals surface area contributed by atoms with Crippen molar-refractivity contribution in [3.05, 3.63) is 102 Å². The Morgan fingerprint density at radius 1 is 0.759 bits per heavy atom. The molecule has 1 heterocycles. The van der Waals surface area contributed by atoms with E-state index in [1.165, 1.54) is 16.7 Å². The second-order valence-electron chi connectivity index (χ2n) is 7.54. The molecule has 1 aliphatic rings. The summed E-state index contributed by atoms with van der Waals surface area (Å²) >= 11 is 5.68. The van der Waals surface area contributed by atoms with Gasteiger partial charge >= 0.3 is 0 Å². The Morgan fingerprint density at radius 2 is 1.28 bits per heavy atom. The monoisotopic (exact) mass is 401 g/mol. The third-order valence-electron chi connectivity index (χ3n) is 5.50. The lowest BCUT2D eigenvalue weighted by molar-refractivity contribution is 0.151. The summed E-state index contributed by atoms with van der Waals surface area (Å²) in [4.78, 5) is 4.84. The number of hydrogen-bond donors (Lipinski definition) is 1. The van der Waals surface area contributed by atoms with E-state index in [4.69, 9.17) is 12.2 Å². The minimum absolute atomic E-state index is 0.276. The average Bonchev–Trinajstić information content (AvgIpc) is 2.77. The highest BCUT2D eigenvalue weighted by molar-refractivity contribution is 7.80. The Morgan fingerprint density at radius 3 is 1.79 bits per heavy atom. The summed E-state index contributed by atoms with van der Waals surface area (Å²) in [6, 6.07) is 30.2. The number of aryl methyl sites for hydroxylation is 1. The molecular formula is C25H27N3S. The summed E-state index contributed by atoms with van der Waals surface area (Å²) in [6.45, 7) is 5.90. The van der Waals surface area contributed by atoms with Crippen LogP contribution in [0.25, 0.3) is 0 Å². The first-order valence-corrected chi connectivity index (χ1v) is 10.6. The number of nitrogens with zero attached hydrogens (tertiary/aromatic N) is 2. The highest BCUT2D eigenvalue weighted by Gasteiger charge is 2.27. The van der Waals surface area contributed by atoms with Gasteiger partial charge in [-0.25, -0.2) is 0 Å². The van der Waals surface area contributed by atoms with Gasteiger partial charge in [0.1, 0.15) is 0 Å². The van der Waals surface area contributed by atoms with Gasteiger partial charge in [-0.05, 0) is 42.4 Å². The van der Waals surface area contributed by atoms with E-state index in [1.807, 2.05) is 0 Å². The van der Waals surface area contributed by atoms with E-state index in [0.717, 1.165) is 37.0 Å². The molecule has 4 rings (SSSR count). The highest BCUT2D eigenvalue weighted by Crippen LogP contribution is 2.29. The third-order valence-corrected chi connectivity index (χ3v) is 5.86. The van der Waals surface area contributed by atoms with Gasteiger partial charge in [-0.2, -0.15) is 0 Å². The molecule has 1 saturated heterocycles. The predicted molar refractivity (Wildman–Crippen MR) is 125 cm³/mol. The number of piperazine rings is 1. The van der Waals surface area contributed by atoms with Crippen LogP contribution in [0.4, 0.5) is 5.69 Å². The summed E-state index contributed by atoms with van der Waals surface area (Å²) < 4.78 is 0. The maximum Gasteiger partial charge on any atom is 0.173 e. The fourth-order valence-electron chi connectivity index (χ4n) is 3.91. The van der Waals surface area contributed by atoms with Crippen LogP contribution in [0.3, 0.4) is 0 Å². The van der Waals surface area contributed by atoms with Gasteiger partial charge in [-0.3, -0.25) is 4.90 Å². The molecule has 0 saturated carbocycles. The molecular weight excluding hydrogens is 374 g/mol. The van der Waals surface area contributed by atoms with Crippen LogP contribution in [0, 0.1) is 6.92 Å². The Kier molecular flexibility index (Phi) is 6.23. The second-order valence-corrected chi connectivity index (χ2v) is 7.93. The Bertz CT molecular complexity index is 878. The van der Waals surface area contributed by atoms with Gasteiger partial charge in [0.15, 0.2) is 5.11 Å². The van der Waals surface area contributed by atoms with Crippen molar-refractivity contribution in [3.8, 4) is 0 Å². The molecule has 3 aromatic rings. The van der Waals surface area contributed by atoms with Crippen LogP contribution in [0.2, 0.25) is 0 Å². The molecule has 1 N–H and O–H groups in total. The van der Waals surface area contributed by atoms with E-state index in [1.54, 1.807) is 0 Å². The lowest BCUT2D eigenvalue weighted by atomic mass is 9.96. The molecule has 1 fully saturated rings. The van der Waals surface area contributed by atoms with Crippen molar-refractivity contribution in [2.75, 3.05) is 31.5 Å². The molecule has 4 heteroatoms. The molecule has 1 aliphatic heterocycles. The summed E-state index contributed by atoms with van der Waals surface area (Å²) in [5.41, 5.74) is 4.98. The van der Waals surface area contributed by atoms with Gasteiger partial charge in [0.05, 0.1) is 6.04 Å². The summed E-state index contributed by atoms with van der Waals surface area (Å²) in [7, 11) is 0. The van der Waals surface area contributed by atoms with Gasteiger partial charge in [-0.1, -0.05) is 78.4 Å². The summed E-state index contributed by atoms with van der Waals surface area (Å²) in [5.74, 6) is 0. The van der Waals surface area contributed by atoms with Crippen molar-refractivity contribution in [2.24, 2.45) is 0 Å². The first-order valence-electron chi connectivity index (χ1n) is 10.2. The van der Waals surface area contributed by atoms with Crippen LogP contribution in [-0.4, -0.2) is 41.1 Å². The number of benzene rings is 3. The quantitative estimate of drug-likeness (QED) is 0.613. The largest absolute Gasteiger partial charge is 0.346 e. The molecule has 0 spiro atoms. The summed E-state index contributed by atoms with van der Waals surface area (Å²) in [5, 5.41) is 4.19. The first-order chi connectivity index (χ1) is 14.2. The normalized spacial score (nSPS) is 14.8. The fraction of sp³-hybridized carbons (Fsp3) is 0.240. The third kappa shape index (κ3) is 4.84. The second kappa shape index (κ2) is 9.21. The zero-order chi connectivity index (χ0) is 20.1. The van der Waals surface area contributed by atoms with Gasteiger partial charge in [0.2, 0.25) is 0 Å². The molecule has 3 nitrogen and oxygen atoms in total. The van der Waals surface area contributed by atoms with Crippen molar-refractivity contribution in [1.82, 2.24) is 9.80 Å². The standard InChI is InChI=1S/C25H27N3S/c1-20-12-14-23(15-13-20)26-25(29)28-18-16-27(17-19-28)24(21-8-4-2-5-9-21)22-10-6-3-7-11-22/h2-15,24H,16-19H2,1H3,(H,26,29). The van der Waals surface area contributed by atoms with Gasteiger partial charge in [-0.15, -0.1) is 0 Å². The van der Waals surface area contributed by atoms with E-state index in [2.05, 4.69) is 107 Å². The van der Waals surface area contributed by atoms with Gasteiger partial charge < -0.3 is 10.2 Å². The van der Waals surface area contributed by atoms with Crippen molar-refractivity contribution in [3.63, 3.8) is 0 Å². The summed E-state index contributed by atoms with van der Waals surface area (Å²) in [6.07, 6.45) is 0. The van der Waals surface area contributed by atoms with Crippen molar-refractivity contribution in [1.29, 1.82) is 0 Å². The zero-order valence-electron chi connectivity index (χ0n) is 16.8. The van der Waals surface area contributed by atoms with Crippen LogP contribution in [0.5, 0.6) is 0 Å². The van der Waals surface area contributed by atoms with Crippen molar-refractivity contribution in [2.45, 2.75) is 13.0 Å². The Hall–Kier alpha value is -2.69. The first kappa shape index (κ1) is 19.6. The number of rotatable bonds is 4. The number of anilines is 1. The lowest BCUT2D eigenvalue weighted by Gasteiger charge is -2.40. The zero-order valence-corrected chi connectivity index (χ0v) is 17.6. The molecule has 0 bridgehead atoms. The SMILES string of the molecule is Cc1ccc(NC(=S)N2CCN(C(c3ccccc3)c3ccccc3)CC2)cc1. The Balaban J connectivity index is 1.44. The Labute approximate surface area is 179 Å². The topological polar surface area (TPSA) is 18.5 Å². The maximum absolute atomic E-state index is 5.68. The van der Waals surface area contributed by atoms with Gasteiger partial charge in [0, 0.05) is 31.9 Å². The average molecular weight is 402 g/mol. The lowest BCUT2D eigenvalue weighted by Crippen LogP contribution is -2.50. The molecule has 0 atom stereocenters. The fourth-order valence-corrected chi connectivity index (χ4v) is 4.21. The molecule has 0 radical (unpaired) electrons. The van der Waals surface area contributed by atoms with E-state index in [-0.39, 0.29) is 6.04 Å². The van der Waals surface area contributed by atoms with Crippen LogP contribution < -0.4 is 5.32 Å². The van der Waals surface area contributed by atoms with Crippen molar-refractivity contribution < 1.29 is 0 Å². The van der Waals surface area contributed by atoms with E-state index in [0.29, 0.717) is 0 Å². The molecule has 29 heavy (non-hydrogen) atoms. The van der Waals surface area contributed by atoms with E-state index in [9.17, 15) is 0 Å². The molecule has 0 amide bonds. The predicted octanol–water partition coefficient (Wildman–Crippen LogP) is 5.10. The van der Waals surface area contributed by atoms with E-state index >= 15 is 0 Å². The minimum atomic E-state index is 0.276. The number of nitrogens with one attached hydrogen (secondary N) is 1. The number of hydrogen-bond acceptors (Lipinski definition) is 2. The molecule has 0 unspecified atom stereocenters. The van der Waals surface area contributed by atoms with Crippen LogP contribution >= 0.6 is 12.2 Å². The number of thiocarbonyl (C=S) groups is 1. The van der Waals surface area contributed by atoms with E-state index < -0.39 is 0 Å². The molecule has 3 aromatic carbocycles. The molecule has 0 aromatic heterocycles. The van der Waals surface area contributed by atoms with Crippen LogP contribution in [0.1, 0.15) is 22.7 Å². The minimum Gasteiger partial charge on any atom is -0.346 e. The van der Waals surface area contributed by atoms with Gasteiger partial charge in [0.25, 0.3) is 0 Å². The molecule has 0 aliphatic carbocycles. The van der Waals surface area contributed by atoms with Crippen molar-refractivity contribution >= 4 is 23.0 Å². The smallest absolute Gasteiger partial charge is 0.173 e. The highest BCUT2D eigenvalue weighted by atomic mass is 32.1. The molecule has 148 valence electrons.